The van der Waals surface area contributed by atoms with E-state index in [4.69, 9.17) is 23.7 Å². The number of nitrogens with one attached hydrogen (secondary N) is 1. The summed E-state index contributed by atoms with van der Waals surface area (Å²) < 4.78 is 0. The van der Waals surface area contributed by atoms with Gasteiger partial charge in [0.2, 0.25) is 0 Å². The van der Waals surface area contributed by atoms with Gasteiger partial charge < -0.3 is 16.2 Å². The van der Waals surface area contributed by atoms with Crippen LogP contribution in [0, 0.1) is 24.7 Å². The molecule has 30 heavy (non-hydrogen) atoms. The summed E-state index contributed by atoms with van der Waals surface area (Å²) in [6.45, 7) is 9.06. The summed E-state index contributed by atoms with van der Waals surface area (Å²) in [5.41, 5.74) is 8.77. The van der Waals surface area contributed by atoms with Gasteiger partial charge in [0.15, 0.2) is 0 Å². The van der Waals surface area contributed by atoms with Gasteiger partial charge in [0.25, 0.3) is 0 Å². The number of hydrogen-bond donors (Lipinski definition) is 3. The fourth-order valence-electron chi connectivity index (χ4n) is 1.70. The van der Waals surface area contributed by atoms with Gasteiger partial charge in [0.1, 0.15) is 6.29 Å². The summed E-state index contributed by atoms with van der Waals surface area (Å²) in [5, 5.41) is 10.3. The third-order valence-electron chi connectivity index (χ3n) is 3.05. The topological polar surface area (TPSA) is 75.4 Å². The number of carbonyl (C=O) groups is 1. The van der Waals surface area contributed by atoms with Crippen LogP contribution in [0.3, 0.4) is 0 Å². The molecule has 0 fully saturated rings. The first-order valence-electron chi connectivity index (χ1n) is 9.33. The number of aliphatic hydroxyl groups excluding tert-OH is 1. The highest BCUT2D eigenvalue weighted by molar-refractivity contribution is 5.74. The van der Waals surface area contributed by atoms with E-state index in [2.05, 4.69) is 43.1 Å². The Hall–Kier alpha value is -2.89. The number of aldehydes is 1. The molecule has 0 radical (unpaired) electrons. The fourth-order valence-corrected chi connectivity index (χ4v) is 1.70. The molecule has 4 N–H and O–H groups in total. The normalized spacial score (nSPS) is 8.50. The first-order valence-corrected chi connectivity index (χ1v) is 9.33. The number of carbonyl (C=O) groups excluding carboxylic acids is 1. The largest absolute Gasteiger partial charge is 0.400 e. The lowest BCUT2D eigenvalue weighted by molar-refractivity contribution is 0.112. The first kappa shape index (κ1) is 31.8. The maximum absolute atomic E-state index is 10.2. The molecular formula is C26H38N2O2. The predicted molar refractivity (Wildman–Crippen MR) is 130 cm³/mol. The van der Waals surface area contributed by atoms with Crippen LogP contribution in [0.2, 0.25) is 0 Å². The maximum Gasteiger partial charge on any atom is 0.150 e. The predicted octanol–water partition coefficient (Wildman–Crippen LogP) is 4.24. The SMILES string of the molecule is C.C#Cc1ccc(C=O)cc1.C#Cc1ccc(CNC(C)C)cc1.CC(C)N.CO. The molecule has 0 amide bonds. The standard InChI is InChI=1S/C12H15N.C9H6O.C3H9N.CH4O.CH4/c1-4-11-5-7-12(8-6-11)9-13-10(2)3;1-2-8-3-5-9(7-10)6-4-8;1-3(2)4;1-2;/h1,5-8,10,13H,9H2,2-3H3;1,3-7H;3H,4H2,1-2H3;2H,1H3;1H4. The van der Waals surface area contributed by atoms with E-state index < -0.39 is 0 Å². The van der Waals surface area contributed by atoms with Crippen molar-refractivity contribution in [3.63, 3.8) is 0 Å². The summed E-state index contributed by atoms with van der Waals surface area (Å²) in [5.74, 6) is 5.06. The lowest BCUT2D eigenvalue weighted by Crippen LogP contribution is -2.21. The summed E-state index contributed by atoms with van der Waals surface area (Å²) in [7, 11) is 1.00. The van der Waals surface area contributed by atoms with Crippen molar-refractivity contribution in [1.82, 2.24) is 5.32 Å². The van der Waals surface area contributed by atoms with Gasteiger partial charge in [-0.1, -0.05) is 71.2 Å². The summed E-state index contributed by atoms with van der Waals surface area (Å²) in [6, 6.07) is 15.8. The molecule has 0 bridgehead atoms. The molecular weight excluding hydrogens is 372 g/mol. The molecule has 0 saturated heterocycles. The van der Waals surface area contributed by atoms with Gasteiger partial charge in [-0.2, -0.15) is 0 Å². The molecule has 0 aliphatic rings. The van der Waals surface area contributed by atoms with Crippen LogP contribution in [0.15, 0.2) is 48.5 Å². The van der Waals surface area contributed by atoms with Crippen LogP contribution in [0.5, 0.6) is 0 Å². The highest BCUT2D eigenvalue weighted by Crippen LogP contribution is 2.03. The molecule has 0 heterocycles. The van der Waals surface area contributed by atoms with E-state index in [0.29, 0.717) is 17.6 Å². The molecule has 0 unspecified atom stereocenters. The van der Waals surface area contributed by atoms with Crippen LogP contribution in [0.4, 0.5) is 0 Å². The van der Waals surface area contributed by atoms with Crippen molar-refractivity contribution in [1.29, 1.82) is 0 Å². The first-order chi connectivity index (χ1) is 13.8. The molecule has 2 aromatic carbocycles. The average Bonchev–Trinajstić information content (AvgIpc) is 2.74. The van der Waals surface area contributed by atoms with Crippen molar-refractivity contribution in [3.05, 3.63) is 70.8 Å². The van der Waals surface area contributed by atoms with Crippen molar-refractivity contribution in [2.24, 2.45) is 5.73 Å². The zero-order chi connectivity index (χ0) is 22.7. The molecule has 0 atom stereocenters. The minimum Gasteiger partial charge on any atom is -0.400 e. The molecule has 2 aromatic rings. The minimum absolute atomic E-state index is 0. The minimum atomic E-state index is 0. The van der Waals surface area contributed by atoms with Crippen molar-refractivity contribution in [2.45, 2.75) is 53.8 Å². The number of benzene rings is 2. The Morgan fingerprint density at radius 3 is 1.60 bits per heavy atom. The zero-order valence-corrected chi connectivity index (χ0v) is 18.1. The average molecular weight is 411 g/mol. The number of hydrogen-bond acceptors (Lipinski definition) is 4. The number of rotatable bonds is 4. The Balaban J connectivity index is -0.000000382. The van der Waals surface area contributed by atoms with Gasteiger partial charge in [-0.25, -0.2) is 0 Å². The molecule has 0 aromatic heterocycles. The number of aliphatic hydroxyl groups is 1. The highest BCUT2D eigenvalue weighted by atomic mass is 16.2. The quantitative estimate of drug-likeness (QED) is 0.520. The van der Waals surface area contributed by atoms with E-state index in [-0.39, 0.29) is 7.43 Å². The van der Waals surface area contributed by atoms with Crippen molar-refractivity contribution >= 4 is 6.29 Å². The van der Waals surface area contributed by atoms with E-state index in [0.717, 1.165) is 31.1 Å². The van der Waals surface area contributed by atoms with Crippen LogP contribution in [0.25, 0.3) is 0 Å². The van der Waals surface area contributed by atoms with E-state index in [1.54, 1.807) is 24.3 Å². The monoisotopic (exact) mass is 410 g/mol. The van der Waals surface area contributed by atoms with E-state index in [1.165, 1.54) is 5.56 Å². The summed E-state index contributed by atoms with van der Waals surface area (Å²) in [4.78, 5) is 10.2. The van der Waals surface area contributed by atoms with E-state index in [9.17, 15) is 4.79 Å². The Labute approximate surface area is 183 Å². The summed E-state index contributed by atoms with van der Waals surface area (Å²) >= 11 is 0. The molecule has 4 heteroatoms. The maximum atomic E-state index is 10.2. The molecule has 0 spiro atoms. The Morgan fingerprint density at radius 1 is 0.933 bits per heavy atom. The van der Waals surface area contributed by atoms with Gasteiger partial charge in [-0.3, -0.25) is 4.79 Å². The van der Waals surface area contributed by atoms with Crippen LogP contribution in [0.1, 0.15) is 62.2 Å². The van der Waals surface area contributed by atoms with Gasteiger partial charge in [0.05, 0.1) is 0 Å². The zero-order valence-electron chi connectivity index (χ0n) is 18.1. The molecule has 2 rings (SSSR count). The van der Waals surface area contributed by atoms with E-state index in [1.807, 2.05) is 26.0 Å². The van der Waals surface area contributed by atoms with Crippen LogP contribution in [-0.4, -0.2) is 30.6 Å². The third kappa shape index (κ3) is 18.5. The van der Waals surface area contributed by atoms with Gasteiger partial charge in [-0.15, -0.1) is 12.8 Å². The Morgan fingerprint density at radius 2 is 1.30 bits per heavy atom. The second-order valence-electron chi connectivity index (χ2n) is 6.51. The van der Waals surface area contributed by atoms with Gasteiger partial charge in [-0.05, 0) is 35.9 Å². The van der Waals surface area contributed by atoms with Crippen LogP contribution < -0.4 is 11.1 Å². The van der Waals surface area contributed by atoms with Crippen molar-refractivity contribution < 1.29 is 9.90 Å². The number of terminal acetylenes is 2. The second-order valence-corrected chi connectivity index (χ2v) is 6.51. The van der Waals surface area contributed by atoms with Crippen molar-refractivity contribution in [2.75, 3.05) is 7.11 Å². The smallest absolute Gasteiger partial charge is 0.150 e. The number of nitrogens with two attached hydrogens (primary N) is 1. The Kier molecular flexibility index (Phi) is 22.1. The third-order valence-corrected chi connectivity index (χ3v) is 3.05. The lowest BCUT2D eigenvalue weighted by atomic mass is 10.1. The molecule has 0 aliphatic carbocycles. The van der Waals surface area contributed by atoms with Gasteiger partial charge in [0, 0.05) is 36.4 Å². The molecule has 0 aliphatic heterocycles. The van der Waals surface area contributed by atoms with Crippen LogP contribution >= 0.6 is 0 Å². The second kappa shape index (κ2) is 20.8. The van der Waals surface area contributed by atoms with Crippen LogP contribution in [-0.2, 0) is 6.54 Å². The fraction of sp³-hybridized carbons (Fsp3) is 0.346. The highest BCUT2D eigenvalue weighted by Gasteiger charge is 1.94. The molecule has 0 saturated carbocycles. The van der Waals surface area contributed by atoms with Crippen molar-refractivity contribution in [3.8, 4) is 24.7 Å². The summed E-state index contributed by atoms with van der Waals surface area (Å²) in [6.07, 6.45) is 11.2. The van der Waals surface area contributed by atoms with E-state index >= 15 is 0 Å². The molecule has 164 valence electrons. The van der Waals surface area contributed by atoms with Gasteiger partial charge >= 0.3 is 0 Å². The Bertz CT molecular complexity index is 732. The molecule has 4 nitrogen and oxygen atoms in total. The lowest BCUT2D eigenvalue weighted by Gasteiger charge is -2.07.